The van der Waals surface area contributed by atoms with E-state index in [0.717, 1.165) is 12.8 Å². The minimum atomic E-state index is -0.0586. The normalized spacial score (nSPS) is 12.3. The maximum Gasteiger partial charge on any atom is 0.01000 e. The van der Waals surface area contributed by atoms with Crippen molar-refractivity contribution in [3.63, 3.8) is 0 Å². The van der Waals surface area contributed by atoms with Crippen molar-refractivity contribution >= 4 is 6.08 Å². The van der Waals surface area contributed by atoms with E-state index in [9.17, 15) is 0 Å². The lowest BCUT2D eigenvalue weighted by Crippen LogP contribution is -2.31. The summed E-state index contributed by atoms with van der Waals surface area (Å²) in [6.45, 7) is 6.24. The van der Waals surface area contributed by atoms with Crippen LogP contribution >= 0.6 is 0 Å². The van der Waals surface area contributed by atoms with Gasteiger partial charge in [0.2, 0.25) is 0 Å². The van der Waals surface area contributed by atoms with Gasteiger partial charge in [-0.15, -0.1) is 0 Å². The van der Waals surface area contributed by atoms with Crippen LogP contribution in [0.3, 0.4) is 0 Å². The van der Waals surface area contributed by atoms with Gasteiger partial charge in [0.1, 0.15) is 0 Å². The molecule has 0 aromatic heterocycles. The molecule has 0 heterocycles. The Morgan fingerprint density at radius 3 is 2.67 bits per heavy atom. The van der Waals surface area contributed by atoms with Crippen LogP contribution in [0.2, 0.25) is 0 Å². The zero-order chi connectivity index (χ0) is 11.3. The standard InChI is InChI=1S/C14H21N/c1-12-7-6-9-13(11-12)8-4-5-10-14(2,3)15/h4,6-9,11H,5,10,15H2,1-3H3/b8-4+. The summed E-state index contributed by atoms with van der Waals surface area (Å²) in [5.74, 6) is 0. The molecule has 0 bridgehead atoms. The van der Waals surface area contributed by atoms with Gasteiger partial charge >= 0.3 is 0 Å². The van der Waals surface area contributed by atoms with Crippen LogP contribution < -0.4 is 5.73 Å². The molecule has 1 heteroatoms. The zero-order valence-electron chi connectivity index (χ0n) is 9.96. The van der Waals surface area contributed by atoms with E-state index in [0.29, 0.717) is 0 Å². The Morgan fingerprint density at radius 2 is 2.07 bits per heavy atom. The molecule has 1 aromatic carbocycles. The molecule has 0 radical (unpaired) electrons. The van der Waals surface area contributed by atoms with Crippen molar-refractivity contribution in [2.75, 3.05) is 0 Å². The van der Waals surface area contributed by atoms with Gasteiger partial charge in [0, 0.05) is 5.54 Å². The molecule has 0 aliphatic carbocycles. The predicted molar refractivity (Wildman–Crippen MR) is 67.7 cm³/mol. The lowest BCUT2D eigenvalue weighted by molar-refractivity contribution is 0.482. The second kappa shape index (κ2) is 5.13. The fraction of sp³-hybridized carbons (Fsp3) is 0.429. The molecule has 0 amide bonds. The molecule has 0 saturated carbocycles. The lowest BCUT2D eigenvalue weighted by atomic mass is 10.00. The summed E-state index contributed by atoms with van der Waals surface area (Å²) in [5, 5.41) is 0. The maximum absolute atomic E-state index is 5.91. The first-order chi connectivity index (χ1) is 6.97. The highest BCUT2D eigenvalue weighted by Gasteiger charge is 2.07. The third-order valence-electron chi connectivity index (χ3n) is 2.31. The van der Waals surface area contributed by atoms with Gasteiger partial charge in [-0.05, 0) is 39.2 Å². The minimum Gasteiger partial charge on any atom is -0.326 e. The average Bonchev–Trinajstić information content (AvgIpc) is 2.11. The van der Waals surface area contributed by atoms with Gasteiger partial charge in [-0.1, -0.05) is 42.0 Å². The fourth-order valence-corrected chi connectivity index (χ4v) is 1.45. The van der Waals surface area contributed by atoms with Crippen LogP contribution in [0.15, 0.2) is 30.3 Å². The molecular weight excluding hydrogens is 182 g/mol. The first-order valence-electron chi connectivity index (χ1n) is 5.49. The third-order valence-corrected chi connectivity index (χ3v) is 2.31. The van der Waals surface area contributed by atoms with Crippen LogP contribution in [0.25, 0.3) is 6.08 Å². The topological polar surface area (TPSA) is 26.0 Å². The maximum atomic E-state index is 5.91. The molecule has 0 aliphatic rings. The number of hydrogen-bond donors (Lipinski definition) is 1. The number of rotatable bonds is 4. The van der Waals surface area contributed by atoms with Gasteiger partial charge in [0.05, 0.1) is 0 Å². The molecule has 1 rings (SSSR count). The molecule has 0 fully saturated rings. The second-order valence-corrected chi connectivity index (χ2v) is 4.84. The minimum absolute atomic E-state index is 0.0586. The van der Waals surface area contributed by atoms with Crippen LogP contribution in [0.5, 0.6) is 0 Å². The van der Waals surface area contributed by atoms with Crippen molar-refractivity contribution in [1.82, 2.24) is 0 Å². The van der Waals surface area contributed by atoms with E-state index in [1.54, 1.807) is 0 Å². The average molecular weight is 203 g/mol. The van der Waals surface area contributed by atoms with E-state index in [4.69, 9.17) is 5.73 Å². The Kier molecular flexibility index (Phi) is 4.10. The molecule has 2 N–H and O–H groups in total. The molecule has 0 aliphatic heterocycles. The Hall–Kier alpha value is -1.08. The predicted octanol–water partition coefficient (Wildman–Crippen LogP) is 3.53. The summed E-state index contributed by atoms with van der Waals surface area (Å²) in [7, 11) is 0. The molecule has 0 atom stereocenters. The molecule has 82 valence electrons. The van der Waals surface area contributed by atoms with Crippen molar-refractivity contribution in [3.05, 3.63) is 41.5 Å². The summed E-state index contributed by atoms with van der Waals surface area (Å²) in [5.41, 5.74) is 8.42. The molecular formula is C14H21N. The first kappa shape index (κ1) is 12.0. The van der Waals surface area contributed by atoms with Crippen LogP contribution in [0.1, 0.15) is 37.8 Å². The van der Waals surface area contributed by atoms with Crippen molar-refractivity contribution in [3.8, 4) is 0 Å². The Morgan fingerprint density at radius 1 is 1.33 bits per heavy atom. The van der Waals surface area contributed by atoms with E-state index >= 15 is 0 Å². The van der Waals surface area contributed by atoms with Crippen LogP contribution in [0.4, 0.5) is 0 Å². The highest BCUT2D eigenvalue weighted by atomic mass is 14.7. The molecule has 0 saturated heterocycles. The van der Waals surface area contributed by atoms with Gasteiger partial charge in [-0.25, -0.2) is 0 Å². The van der Waals surface area contributed by atoms with Crippen molar-refractivity contribution in [2.24, 2.45) is 5.73 Å². The van der Waals surface area contributed by atoms with Gasteiger partial charge in [0.15, 0.2) is 0 Å². The van der Waals surface area contributed by atoms with Crippen molar-refractivity contribution in [1.29, 1.82) is 0 Å². The Labute approximate surface area is 93.0 Å². The third kappa shape index (κ3) is 5.38. The monoisotopic (exact) mass is 203 g/mol. The van der Waals surface area contributed by atoms with Gasteiger partial charge in [-0.2, -0.15) is 0 Å². The van der Waals surface area contributed by atoms with E-state index in [1.165, 1.54) is 11.1 Å². The molecule has 1 nitrogen and oxygen atoms in total. The summed E-state index contributed by atoms with van der Waals surface area (Å²) < 4.78 is 0. The SMILES string of the molecule is Cc1cccc(/C=C/CCC(C)(C)N)c1. The largest absolute Gasteiger partial charge is 0.326 e. The zero-order valence-corrected chi connectivity index (χ0v) is 9.96. The number of benzene rings is 1. The second-order valence-electron chi connectivity index (χ2n) is 4.84. The fourth-order valence-electron chi connectivity index (χ4n) is 1.45. The lowest BCUT2D eigenvalue weighted by Gasteiger charge is -2.16. The van der Waals surface area contributed by atoms with Gasteiger partial charge < -0.3 is 5.73 Å². The van der Waals surface area contributed by atoms with E-state index in [2.05, 4.69) is 57.2 Å². The smallest absolute Gasteiger partial charge is 0.01000 e. The quantitative estimate of drug-likeness (QED) is 0.796. The summed E-state index contributed by atoms with van der Waals surface area (Å²) in [6.07, 6.45) is 6.43. The first-order valence-corrected chi connectivity index (χ1v) is 5.49. The van der Waals surface area contributed by atoms with Gasteiger partial charge in [0.25, 0.3) is 0 Å². The van der Waals surface area contributed by atoms with E-state index in [1.807, 2.05) is 0 Å². The van der Waals surface area contributed by atoms with E-state index < -0.39 is 0 Å². The van der Waals surface area contributed by atoms with Crippen LogP contribution in [-0.4, -0.2) is 5.54 Å². The Balaban J connectivity index is 2.45. The summed E-state index contributed by atoms with van der Waals surface area (Å²) in [6, 6.07) is 8.50. The number of nitrogens with two attached hydrogens (primary N) is 1. The summed E-state index contributed by atoms with van der Waals surface area (Å²) >= 11 is 0. The van der Waals surface area contributed by atoms with Crippen molar-refractivity contribution in [2.45, 2.75) is 39.2 Å². The van der Waals surface area contributed by atoms with Crippen molar-refractivity contribution < 1.29 is 0 Å². The molecule has 0 spiro atoms. The molecule has 15 heavy (non-hydrogen) atoms. The molecule has 1 aromatic rings. The highest BCUT2D eigenvalue weighted by Crippen LogP contribution is 2.10. The van der Waals surface area contributed by atoms with Gasteiger partial charge in [-0.3, -0.25) is 0 Å². The Bertz CT molecular complexity index is 331. The van der Waals surface area contributed by atoms with E-state index in [-0.39, 0.29) is 5.54 Å². The number of aryl methyl sites for hydroxylation is 1. The van der Waals surface area contributed by atoms with Crippen LogP contribution in [0, 0.1) is 6.92 Å². The van der Waals surface area contributed by atoms with Crippen LogP contribution in [-0.2, 0) is 0 Å². The summed E-state index contributed by atoms with van der Waals surface area (Å²) in [4.78, 5) is 0. The highest BCUT2D eigenvalue weighted by molar-refractivity contribution is 5.50. The number of hydrogen-bond acceptors (Lipinski definition) is 1. The molecule has 0 unspecified atom stereocenters. The number of allylic oxidation sites excluding steroid dienone is 1.